The molecule has 0 saturated carbocycles. The van der Waals surface area contributed by atoms with E-state index in [0.29, 0.717) is 24.6 Å². The first-order valence-electron chi connectivity index (χ1n) is 10.0. The molecular formula is C24H26N2O4S. The van der Waals surface area contributed by atoms with Gasteiger partial charge in [0.1, 0.15) is 12.3 Å². The highest BCUT2D eigenvalue weighted by molar-refractivity contribution is 7.92. The van der Waals surface area contributed by atoms with E-state index in [4.69, 9.17) is 4.74 Å². The molecule has 3 aromatic rings. The molecule has 1 N–H and O–H groups in total. The summed E-state index contributed by atoms with van der Waals surface area (Å²) in [6, 6.07) is 22.7. The van der Waals surface area contributed by atoms with Crippen LogP contribution in [0.25, 0.3) is 0 Å². The summed E-state index contributed by atoms with van der Waals surface area (Å²) in [5.74, 6) is 0.197. The van der Waals surface area contributed by atoms with Gasteiger partial charge in [-0.15, -0.1) is 0 Å². The Morgan fingerprint density at radius 3 is 2.19 bits per heavy atom. The molecule has 0 saturated heterocycles. The van der Waals surface area contributed by atoms with Crippen molar-refractivity contribution in [3.8, 4) is 5.75 Å². The predicted molar refractivity (Wildman–Crippen MR) is 122 cm³/mol. The monoisotopic (exact) mass is 438 g/mol. The van der Waals surface area contributed by atoms with Gasteiger partial charge in [0.2, 0.25) is 5.91 Å². The van der Waals surface area contributed by atoms with E-state index in [1.807, 2.05) is 56.3 Å². The van der Waals surface area contributed by atoms with E-state index in [-0.39, 0.29) is 17.3 Å². The third kappa shape index (κ3) is 5.86. The van der Waals surface area contributed by atoms with Crippen molar-refractivity contribution in [1.29, 1.82) is 0 Å². The SMILES string of the molecule is CCOc1ccc(S(=O)(=O)N(CC(=O)NCc2ccccc2)c2ccc(C)cc2)cc1. The number of amides is 1. The molecular weight excluding hydrogens is 412 g/mol. The van der Waals surface area contributed by atoms with Crippen LogP contribution in [0.1, 0.15) is 18.1 Å². The molecule has 0 spiro atoms. The molecule has 0 aliphatic heterocycles. The lowest BCUT2D eigenvalue weighted by atomic mass is 10.2. The van der Waals surface area contributed by atoms with Gasteiger partial charge in [-0.25, -0.2) is 8.42 Å². The van der Waals surface area contributed by atoms with Crippen LogP contribution in [0.5, 0.6) is 5.75 Å². The second-order valence-electron chi connectivity index (χ2n) is 7.01. The number of nitrogens with one attached hydrogen (secondary N) is 1. The van der Waals surface area contributed by atoms with Crippen molar-refractivity contribution < 1.29 is 17.9 Å². The Kier molecular flexibility index (Phi) is 7.31. The maximum Gasteiger partial charge on any atom is 0.264 e. The largest absolute Gasteiger partial charge is 0.494 e. The van der Waals surface area contributed by atoms with Crippen LogP contribution >= 0.6 is 0 Å². The Morgan fingerprint density at radius 1 is 0.935 bits per heavy atom. The van der Waals surface area contributed by atoms with E-state index in [0.717, 1.165) is 15.4 Å². The first-order chi connectivity index (χ1) is 14.9. The minimum Gasteiger partial charge on any atom is -0.494 e. The summed E-state index contributed by atoms with van der Waals surface area (Å²) in [5, 5.41) is 2.79. The molecule has 162 valence electrons. The van der Waals surface area contributed by atoms with Gasteiger partial charge in [-0.3, -0.25) is 9.10 Å². The van der Waals surface area contributed by atoms with Gasteiger partial charge in [0.25, 0.3) is 10.0 Å². The summed E-state index contributed by atoms with van der Waals surface area (Å²) in [6.07, 6.45) is 0. The molecule has 6 nitrogen and oxygen atoms in total. The van der Waals surface area contributed by atoms with E-state index in [9.17, 15) is 13.2 Å². The summed E-state index contributed by atoms with van der Waals surface area (Å²) in [7, 11) is -3.96. The molecule has 3 rings (SSSR count). The second kappa shape index (κ2) is 10.1. The van der Waals surface area contributed by atoms with Gasteiger partial charge in [0, 0.05) is 6.54 Å². The molecule has 0 fully saturated rings. The molecule has 1 amide bonds. The van der Waals surface area contributed by atoms with E-state index in [1.54, 1.807) is 24.3 Å². The van der Waals surface area contributed by atoms with Crippen LogP contribution in [0.3, 0.4) is 0 Å². The van der Waals surface area contributed by atoms with Gasteiger partial charge in [-0.2, -0.15) is 0 Å². The zero-order valence-electron chi connectivity index (χ0n) is 17.6. The average molecular weight is 439 g/mol. The molecule has 0 aliphatic carbocycles. The summed E-state index contributed by atoms with van der Waals surface area (Å²) in [5.41, 5.74) is 2.36. The third-order valence-electron chi connectivity index (χ3n) is 4.66. The first-order valence-corrected chi connectivity index (χ1v) is 11.5. The second-order valence-corrected chi connectivity index (χ2v) is 8.88. The fraction of sp³-hybridized carbons (Fsp3) is 0.208. The predicted octanol–water partition coefficient (Wildman–Crippen LogP) is 3.91. The maximum atomic E-state index is 13.4. The van der Waals surface area contributed by atoms with Crippen molar-refractivity contribution >= 4 is 21.6 Å². The van der Waals surface area contributed by atoms with Crippen LogP contribution in [0, 0.1) is 6.92 Å². The van der Waals surface area contributed by atoms with Crippen LogP contribution in [0.15, 0.2) is 83.8 Å². The smallest absolute Gasteiger partial charge is 0.264 e. The summed E-state index contributed by atoms with van der Waals surface area (Å²) in [6.45, 7) is 4.26. The maximum absolute atomic E-state index is 13.4. The van der Waals surface area contributed by atoms with Crippen LogP contribution in [0.2, 0.25) is 0 Å². The molecule has 0 aliphatic rings. The lowest BCUT2D eigenvalue weighted by molar-refractivity contribution is -0.119. The van der Waals surface area contributed by atoms with Gasteiger partial charge in [0.15, 0.2) is 0 Å². The molecule has 0 atom stereocenters. The van der Waals surface area contributed by atoms with Crippen molar-refractivity contribution in [3.63, 3.8) is 0 Å². The number of sulfonamides is 1. The highest BCUT2D eigenvalue weighted by atomic mass is 32.2. The fourth-order valence-corrected chi connectivity index (χ4v) is 4.43. The Hall–Kier alpha value is -3.32. The number of benzene rings is 3. The van der Waals surface area contributed by atoms with Crippen molar-refractivity contribution in [2.75, 3.05) is 17.5 Å². The van der Waals surface area contributed by atoms with E-state index < -0.39 is 10.0 Å². The quantitative estimate of drug-likeness (QED) is 0.550. The van der Waals surface area contributed by atoms with Crippen LogP contribution in [-0.2, 0) is 21.4 Å². The van der Waals surface area contributed by atoms with Crippen molar-refractivity contribution in [2.45, 2.75) is 25.3 Å². The summed E-state index contributed by atoms with van der Waals surface area (Å²) >= 11 is 0. The van der Waals surface area contributed by atoms with Crippen molar-refractivity contribution in [1.82, 2.24) is 5.32 Å². The molecule has 0 unspecified atom stereocenters. The minimum absolute atomic E-state index is 0.0902. The summed E-state index contributed by atoms with van der Waals surface area (Å²) in [4.78, 5) is 12.7. The standard InChI is InChI=1S/C24H26N2O4S/c1-3-30-22-13-15-23(16-14-22)31(28,29)26(21-11-9-19(2)10-12-21)18-24(27)25-17-20-7-5-4-6-8-20/h4-16H,3,17-18H2,1-2H3,(H,25,27). The number of hydrogen-bond donors (Lipinski definition) is 1. The number of ether oxygens (including phenoxy) is 1. The third-order valence-corrected chi connectivity index (χ3v) is 6.45. The number of carbonyl (C=O) groups excluding carboxylic acids is 1. The minimum atomic E-state index is -3.96. The molecule has 0 radical (unpaired) electrons. The van der Waals surface area contributed by atoms with Crippen LogP contribution < -0.4 is 14.4 Å². The fourth-order valence-electron chi connectivity index (χ4n) is 3.01. The molecule has 31 heavy (non-hydrogen) atoms. The topological polar surface area (TPSA) is 75.7 Å². The number of aryl methyl sites for hydroxylation is 1. The average Bonchev–Trinajstić information content (AvgIpc) is 2.78. The van der Waals surface area contributed by atoms with Gasteiger partial charge in [-0.05, 0) is 55.8 Å². The Morgan fingerprint density at radius 2 is 1.58 bits per heavy atom. The molecule has 3 aromatic carbocycles. The van der Waals surface area contributed by atoms with E-state index in [1.165, 1.54) is 12.1 Å². The zero-order valence-corrected chi connectivity index (χ0v) is 18.4. The molecule has 0 heterocycles. The van der Waals surface area contributed by atoms with Crippen molar-refractivity contribution in [2.24, 2.45) is 0 Å². The van der Waals surface area contributed by atoms with E-state index >= 15 is 0 Å². The molecule has 0 aromatic heterocycles. The van der Waals surface area contributed by atoms with E-state index in [2.05, 4.69) is 5.32 Å². The first kappa shape index (κ1) is 22.4. The normalized spacial score (nSPS) is 11.0. The Bertz CT molecular complexity index is 1100. The number of hydrogen-bond acceptors (Lipinski definition) is 4. The number of nitrogens with zero attached hydrogens (tertiary/aromatic N) is 1. The van der Waals surface area contributed by atoms with Gasteiger partial charge >= 0.3 is 0 Å². The van der Waals surface area contributed by atoms with Gasteiger partial charge in [0.05, 0.1) is 17.2 Å². The van der Waals surface area contributed by atoms with Gasteiger partial charge < -0.3 is 10.1 Å². The zero-order chi connectivity index (χ0) is 22.3. The lowest BCUT2D eigenvalue weighted by Gasteiger charge is -2.24. The number of anilines is 1. The highest BCUT2D eigenvalue weighted by Crippen LogP contribution is 2.25. The lowest BCUT2D eigenvalue weighted by Crippen LogP contribution is -2.40. The molecule has 0 bridgehead atoms. The number of rotatable bonds is 9. The Balaban J connectivity index is 1.85. The highest BCUT2D eigenvalue weighted by Gasteiger charge is 2.27. The summed E-state index contributed by atoms with van der Waals surface area (Å²) < 4.78 is 33.3. The molecule has 7 heteroatoms. The van der Waals surface area contributed by atoms with Crippen molar-refractivity contribution in [3.05, 3.63) is 90.0 Å². The van der Waals surface area contributed by atoms with Crippen LogP contribution in [-0.4, -0.2) is 27.5 Å². The van der Waals surface area contributed by atoms with Crippen LogP contribution in [0.4, 0.5) is 5.69 Å². The van der Waals surface area contributed by atoms with Gasteiger partial charge in [-0.1, -0.05) is 48.0 Å². The number of carbonyl (C=O) groups is 1. The Labute approximate surface area is 183 Å².